The first kappa shape index (κ1) is 10.6. The predicted molar refractivity (Wildman–Crippen MR) is 56.9 cm³/mol. The van der Waals surface area contributed by atoms with Gasteiger partial charge in [-0.2, -0.15) is 0 Å². The smallest absolute Gasteiger partial charge is 0.335 e. The molecule has 0 aromatic heterocycles. The first-order valence-corrected chi connectivity index (χ1v) is 4.58. The van der Waals surface area contributed by atoms with Crippen LogP contribution in [0.5, 0.6) is 0 Å². The van der Waals surface area contributed by atoms with Crippen molar-refractivity contribution in [3.8, 4) is 0 Å². The molecule has 0 bridgehead atoms. The van der Waals surface area contributed by atoms with Gasteiger partial charge in [-0.05, 0) is 38.1 Å². The van der Waals surface area contributed by atoms with Crippen LogP contribution in [0.25, 0.3) is 0 Å². The summed E-state index contributed by atoms with van der Waals surface area (Å²) in [5.74, 6) is -0.885. The standard InChI is InChI=1S/C11H15NO2/c1-8(2)12(3)10-6-4-9(5-7-10)11(13)14/h4-8H,1-3H3,(H,13,14). The molecular weight excluding hydrogens is 178 g/mol. The predicted octanol–water partition coefficient (Wildman–Crippen LogP) is 2.23. The highest BCUT2D eigenvalue weighted by molar-refractivity contribution is 5.88. The van der Waals surface area contributed by atoms with E-state index in [0.717, 1.165) is 5.69 Å². The molecule has 0 spiro atoms. The summed E-state index contributed by atoms with van der Waals surface area (Å²) < 4.78 is 0. The van der Waals surface area contributed by atoms with E-state index in [-0.39, 0.29) is 0 Å². The van der Waals surface area contributed by atoms with Gasteiger partial charge in [0.25, 0.3) is 0 Å². The van der Waals surface area contributed by atoms with E-state index >= 15 is 0 Å². The van der Waals surface area contributed by atoms with E-state index in [1.807, 2.05) is 19.2 Å². The summed E-state index contributed by atoms with van der Waals surface area (Å²) in [5.41, 5.74) is 1.36. The van der Waals surface area contributed by atoms with Crippen molar-refractivity contribution < 1.29 is 9.90 Å². The first-order valence-electron chi connectivity index (χ1n) is 4.58. The van der Waals surface area contributed by atoms with E-state index < -0.39 is 5.97 Å². The molecule has 0 aliphatic carbocycles. The topological polar surface area (TPSA) is 40.5 Å². The molecule has 1 aromatic carbocycles. The number of anilines is 1. The molecule has 1 aromatic rings. The number of rotatable bonds is 3. The molecule has 1 rings (SSSR count). The number of nitrogens with zero attached hydrogens (tertiary/aromatic N) is 1. The van der Waals surface area contributed by atoms with Gasteiger partial charge in [0.15, 0.2) is 0 Å². The normalized spacial score (nSPS) is 10.3. The molecule has 0 atom stereocenters. The van der Waals surface area contributed by atoms with Crippen molar-refractivity contribution in [3.63, 3.8) is 0 Å². The molecule has 0 heterocycles. The van der Waals surface area contributed by atoms with Gasteiger partial charge in [-0.1, -0.05) is 0 Å². The Morgan fingerprint density at radius 3 is 2.14 bits per heavy atom. The van der Waals surface area contributed by atoms with Gasteiger partial charge < -0.3 is 10.0 Å². The Kier molecular flexibility index (Phi) is 3.12. The third-order valence-corrected chi connectivity index (χ3v) is 2.30. The SMILES string of the molecule is CC(C)N(C)c1ccc(C(=O)O)cc1. The fourth-order valence-corrected chi connectivity index (χ4v) is 1.14. The maximum absolute atomic E-state index is 10.6. The zero-order chi connectivity index (χ0) is 10.7. The number of hydrogen-bond acceptors (Lipinski definition) is 2. The number of aromatic carboxylic acids is 1. The highest BCUT2D eigenvalue weighted by Gasteiger charge is 2.06. The fraction of sp³-hybridized carbons (Fsp3) is 0.364. The second-order valence-electron chi connectivity index (χ2n) is 3.56. The van der Waals surface area contributed by atoms with Crippen LogP contribution in [0.15, 0.2) is 24.3 Å². The van der Waals surface area contributed by atoms with Gasteiger partial charge in [0.2, 0.25) is 0 Å². The van der Waals surface area contributed by atoms with E-state index in [2.05, 4.69) is 18.7 Å². The van der Waals surface area contributed by atoms with Crippen LogP contribution in [-0.2, 0) is 0 Å². The van der Waals surface area contributed by atoms with Gasteiger partial charge in [-0.3, -0.25) is 0 Å². The molecule has 0 amide bonds. The molecule has 0 unspecified atom stereocenters. The van der Waals surface area contributed by atoms with Crippen molar-refractivity contribution in [2.45, 2.75) is 19.9 Å². The van der Waals surface area contributed by atoms with Crippen LogP contribution < -0.4 is 4.90 Å². The van der Waals surface area contributed by atoms with Crippen molar-refractivity contribution in [2.75, 3.05) is 11.9 Å². The largest absolute Gasteiger partial charge is 0.478 e. The van der Waals surface area contributed by atoms with Crippen LogP contribution >= 0.6 is 0 Å². The summed E-state index contributed by atoms with van der Waals surface area (Å²) >= 11 is 0. The summed E-state index contributed by atoms with van der Waals surface area (Å²) in [6, 6.07) is 7.30. The Hall–Kier alpha value is -1.51. The van der Waals surface area contributed by atoms with E-state index in [0.29, 0.717) is 11.6 Å². The highest BCUT2D eigenvalue weighted by Crippen LogP contribution is 2.15. The van der Waals surface area contributed by atoms with E-state index in [1.54, 1.807) is 12.1 Å². The molecule has 3 nitrogen and oxygen atoms in total. The maximum atomic E-state index is 10.6. The molecule has 0 aliphatic heterocycles. The Labute approximate surface area is 84.0 Å². The molecule has 76 valence electrons. The molecule has 0 aliphatic rings. The van der Waals surface area contributed by atoms with Gasteiger partial charge in [-0.15, -0.1) is 0 Å². The first-order chi connectivity index (χ1) is 6.52. The van der Waals surface area contributed by atoms with Crippen molar-refractivity contribution in [1.29, 1.82) is 0 Å². The lowest BCUT2D eigenvalue weighted by atomic mass is 10.2. The lowest BCUT2D eigenvalue weighted by molar-refractivity contribution is 0.0697. The lowest BCUT2D eigenvalue weighted by Gasteiger charge is -2.23. The van der Waals surface area contributed by atoms with Crippen molar-refractivity contribution in [2.24, 2.45) is 0 Å². The Bertz CT molecular complexity index is 317. The quantitative estimate of drug-likeness (QED) is 0.800. The fourth-order valence-electron chi connectivity index (χ4n) is 1.14. The van der Waals surface area contributed by atoms with Crippen LogP contribution in [0.4, 0.5) is 5.69 Å². The van der Waals surface area contributed by atoms with Crippen molar-refractivity contribution in [3.05, 3.63) is 29.8 Å². The average molecular weight is 193 g/mol. The van der Waals surface area contributed by atoms with E-state index in [4.69, 9.17) is 5.11 Å². The minimum atomic E-state index is -0.885. The van der Waals surface area contributed by atoms with Crippen LogP contribution in [0.3, 0.4) is 0 Å². The van der Waals surface area contributed by atoms with Gasteiger partial charge in [0, 0.05) is 18.8 Å². The van der Waals surface area contributed by atoms with Crippen LogP contribution in [-0.4, -0.2) is 24.2 Å². The zero-order valence-electron chi connectivity index (χ0n) is 8.69. The molecule has 14 heavy (non-hydrogen) atoms. The third kappa shape index (κ3) is 2.25. The summed E-state index contributed by atoms with van der Waals surface area (Å²) in [5, 5.41) is 8.71. The Morgan fingerprint density at radius 2 is 1.79 bits per heavy atom. The highest BCUT2D eigenvalue weighted by atomic mass is 16.4. The number of benzene rings is 1. The summed E-state index contributed by atoms with van der Waals surface area (Å²) in [6.07, 6.45) is 0. The summed E-state index contributed by atoms with van der Waals surface area (Å²) in [4.78, 5) is 12.7. The van der Waals surface area contributed by atoms with Crippen molar-refractivity contribution in [1.82, 2.24) is 0 Å². The molecule has 0 fully saturated rings. The van der Waals surface area contributed by atoms with Gasteiger partial charge in [0.05, 0.1) is 5.56 Å². The minimum absolute atomic E-state index is 0.325. The molecular formula is C11H15NO2. The summed E-state index contributed by atoms with van der Waals surface area (Å²) in [7, 11) is 1.99. The molecule has 3 heteroatoms. The van der Waals surface area contributed by atoms with Crippen LogP contribution in [0.1, 0.15) is 24.2 Å². The Morgan fingerprint density at radius 1 is 1.29 bits per heavy atom. The molecule has 1 N–H and O–H groups in total. The zero-order valence-corrected chi connectivity index (χ0v) is 8.69. The minimum Gasteiger partial charge on any atom is -0.478 e. The van der Waals surface area contributed by atoms with E-state index in [1.165, 1.54) is 0 Å². The monoisotopic (exact) mass is 193 g/mol. The second-order valence-corrected chi connectivity index (χ2v) is 3.56. The van der Waals surface area contributed by atoms with Crippen molar-refractivity contribution >= 4 is 11.7 Å². The number of carboxylic acid groups (broad SMARTS) is 1. The van der Waals surface area contributed by atoms with Gasteiger partial charge >= 0.3 is 5.97 Å². The lowest BCUT2D eigenvalue weighted by Crippen LogP contribution is -2.25. The molecule has 0 radical (unpaired) electrons. The molecule has 0 saturated heterocycles. The van der Waals surface area contributed by atoms with Gasteiger partial charge in [-0.25, -0.2) is 4.79 Å². The second kappa shape index (κ2) is 4.13. The number of hydrogen-bond donors (Lipinski definition) is 1. The van der Waals surface area contributed by atoms with Crippen LogP contribution in [0, 0.1) is 0 Å². The maximum Gasteiger partial charge on any atom is 0.335 e. The van der Waals surface area contributed by atoms with Gasteiger partial charge in [0.1, 0.15) is 0 Å². The Balaban J connectivity index is 2.88. The number of carboxylic acids is 1. The molecule has 0 saturated carbocycles. The summed E-state index contributed by atoms with van der Waals surface area (Å²) in [6.45, 7) is 4.18. The average Bonchev–Trinajstić information content (AvgIpc) is 2.16. The number of carbonyl (C=O) groups is 1. The van der Waals surface area contributed by atoms with Crippen LogP contribution in [0.2, 0.25) is 0 Å². The van der Waals surface area contributed by atoms with E-state index in [9.17, 15) is 4.79 Å². The third-order valence-electron chi connectivity index (χ3n) is 2.30.